The fraction of sp³-hybridized carbons (Fsp3) is 0.129. The molecule has 0 radical (unpaired) electrons. The summed E-state index contributed by atoms with van der Waals surface area (Å²) in [6, 6.07) is 30.6. The number of nitrogens with zero attached hydrogens (tertiary/aromatic N) is 2. The van der Waals surface area contributed by atoms with Gasteiger partial charge < -0.3 is 10.2 Å². The normalized spacial score (nSPS) is 15.9. The summed E-state index contributed by atoms with van der Waals surface area (Å²) in [4.78, 5) is 30.4. The number of guanidine groups is 1. The molecule has 2 heterocycles. The van der Waals surface area contributed by atoms with Crippen molar-refractivity contribution in [2.45, 2.75) is 25.2 Å². The van der Waals surface area contributed by atoms with Crippen molar-refractivity contribution in [3.05, 3.63) is 142 Å². The first-order chi connectivity index (χ1) is 18.5. The van der Waals surface area contributed by atoms with Crippen molar-refractivity contribution in [1.82, 2.24) is 15.1 Å². The minimum absolute atomic E-state index is 0.00328. The summed E-state index contributed by atoms with van der Waals surface area (Å²) in [6.07, 6.45) is 0. The molecular weight excluding hydrogens is 479 g/mol. The zero-order chi connectivity index (χ0) is 26.3. The van der Waals surface area contributed by atoms with E-state index in [1.165, 1.54) is 17.0 Å². The van der Waals surface area contributed by atoms with Crippen LogP contribution in [0.2, 0.25) is 0 Å². The van der Waals surface area contributed by atoms with E-state index >= 15 is 0 Å². The average Bonchev–Trinajstić information content (AvgIpc) is 3.48. The molecule has 2 aliphatic heterocycles. The number of carbonyl (C=O) groups excluding carboxylic acids is 2. The maximum absolute atomic E-state index is 14.0. The molecule has 6 nitrogen and oxygen atoms in total. The fourth-order valence-electron chi connectivity index (χ4n) is 5.36. The van der Waals surface area contributed by atoms with E-state index in [1.807, 2.05) is 66.7 Å². The number of carbonyl (C=O) groups is 2. The van der Waals surface area contributed by atoms with Crippen LogP contribution in [0.25, 0.3) is 0 Å². The number of halogens is 1. The van der Waals surface area contributed by atoms with Gasteiger partial charge in [-0.2, -0.15) is 0 Å². The van der Waals surface area contributed by atoms with Crippen molar-refractivity contribution in [2.75, 3.05) is 0 Å². The first kappa shape index (κ1) is 23.6. The van der Waals surface area contributed by atoms with Crippen LogP contribution in [-0.2, 0) is 30.0 Å². The Bertz CT molecular complexity index is 1520. The van der Waals surface area contributed by atoms with Crippen LogP contribution >= 0.6 is 0 Å². The van der Waals surface area contributed by atoms with Gasteiger partial charge in [0.25, 0.3) is 11.8 Å². The lowest BCUT2D eigenvalue weighted by Gasteiger charge is -2.28. The molecular formula is C31H25FN4O2. The molecule has 2 aliphatic rings. The number of benzene rings is 4. The molecule has 0 aliphatic carbocycles. The molecule has 0 saturated carbocycles. The highest BCUT2D eigenvalue weighted by atomic mass is 19.1. The lowest BCUT2D eigenvalue weighted by Crippen LogP contribution is -2.45. The SMILES string of the molecule is N=C1NC(c2ccccc2)(c2ccccc2)C(=O)N1Cc1cccc(C(=O)N2Cc3ccc(F)cc3C2)c1. The van der Waals surface area contributed by atoms with Gasteiger partial charge in [-0.1, -0.05) is 78.9 Å². The lowest BCUT2D eigenvalue weighted by molar-refractivity contribution is -0.130. The van der Waals surface area contributed by atoms with Gasteiger partial charge in [-0.25, -0.2) is 4.39 Å². The van der Waals surface area contributed by atoms with Crippen molar-refractivity contribution in [3.63, 3.8) is 0 Å². The Hall–Kier alpha value is -4.78. The van der Waals surface area contributed by atoms with Gasteiger partial charge >= 0.3 is 0 Å². The Morgan fingerprint density at radius 1 is 0.842 bits per heavy atom. The molecule has 0 atom stereocenters. The van der Waals surface area contributed by atoms with E-state index in [2.05, 4.69) is 5.32 Å². The summed E-state index contributed by atoms with van der Waals surface area (Å²) in [5.74, 6) is -0.731. The van der Waals surface area contributed by atoms with Gasteiger partial charge in [0.15, 0.2) is 11.5 Å². The Labute approximate surface area is 219 Å². The molecule has 0 aromatic heterocycles. The highest BCUT2D eigenvalue weighted by molar-refractivity contribution is 6.10. The highest BCUT2D eigenvalue weighted by Crippen LogP contribution is 2.36. The number of amides is 2. The van der Waals surface area contributed by atoms with Gasteiger partial charge in [-0.15, -0.1) is 0 Å². The molecule has 0 spiro atoms. The number of hydrogen-bond acceptors (Lipinski definition) is 3. The highest BCUT2D eigenvalue weighted by Gasteiger charge is 2.52. The van der Waals surface area contributed by atoms with Crippen molar-refractivity contribution in [1.29, 1.82) is 5.41 Å². The fourth-order valence-corrected chi connectivity index (χ4v) is 5.36. The molecule has 0 bridgehead atoms. The predicted octanol–water partition coefficient (Wildman–Crippen LogP) is 4.79. The molecule has 2 N–H and O–H groups in total. The summed E-state index contributed by atoms with van der Waals surface area (Å²) in [5.41, 5.74) is 3.25. The van der Waals surface area contributed by atoms with E-state index in [0.717, 1.165) is 27.8 Å². The van der Waals surface area contributed by atoms with E-state index in [-0.39, 0.29) is 30.1 Å². The summed E-state index contributed by atoms with van der Waals surface area (Å²) in [7, 11) is 0. The Balaban J connectivity index is 1.27. The third-order valence-electron chi connectivity index (χ3n) is 7.25. The third-order valence-corrected chi connectivity index (χ3v) is 7.25. The molecule has 1 saturated heterocycles. The molecule has 4 aromatic carbocycles. The lowest BCUT2D eigenvalue weighted by atomic mass is 9.82. The molecule has 2 amide bonds. The number of rotatable bonds is 5. The van der Waals surface area contributed by atoms with Crippen LogP contribution in [0, 0.1) is 11.2 Å². The van der Waals surface area contributed by atoms with E-state index in [9.17, 15) is 14.0 Å². The van der Waals surface area contributed by atoms with Crippen molar-refractivity contribution in [3.8, 4) is 0 Å². The van der Waals surface area contributed by atoms with Crippen LogP contribution < -0.4 is 5.32 Å². The first-order valence-electron chi connectivity index (χ1n) is 12.4. The molecule has 1 fully saturated rings. The Morgan fingerprint density at radius 2 is 1.50 bits per heavy atom. The maximum Gasteiger partial charge on any atom is 0.264 e. The minimum atomic E-state index is -1.22. The van der Waals surface area contributed by atoms with Crippen LogP contribution in [0.4, 0.5) is 4.39 Å². The monoisotopic (exact) mass is 504 g/mol. The zero-order valence-corrected chi connectivity index (χ0v) is 20.5. The van der Waals surface area contributed by atoms with E-state index in [0.29, 0.717) is 18.7 Å². The van der Waals surface area contributed by atoms with Crippen LogP contribution in [0.3, 0.4) is 0 Å². The Morgan fingerprint density at radius 3 is 2.18 bits per heavy atom. The second-order valence-electron chi connectivity index (χ2n) is 9.62. The van der Waals surface area contributed by atoms with Crippen molar-refractivity contribution >= 4 is 17.8 Å². The second kappa shape index (κ2) is 9.27. The summed E-state index contributed by atoms with van der Waals surface area (Å²) >= 11 is 0. The molecule has 38 heavy (non-hydrogen) atoms. The quantitative estimate of drug-likeness (QED) is 0.410. The number of hydrogen-bond donors (Lipinski definition) is 2. The topological polar surface area (TPSA) is 76.5 Å². The predicted molar refractivity (Wildman–Crippen MR) is 141 cm³/mol. The smallest absolute Gasteiger partial charge is 0.264 e. The van der Waals surface area contributed by atoms with Crippen LogP contribution in [-0.4, -0.2) is 27.6 Å². The zero-order valence-electron chi connectivity index (χ0n) is 20.5. The van der Waals surface area contributed by atoms with Crippen molar-refractivity contribution in [2.24, 2.45) is 0 Å². The number of fused-ring (bicyclic) bond motifs is 1. The minimum Gasteiger partial charge on any atom is -0.334 e. The van der Waals surface area contributed by atoms with Crippen LogP contribution in [0.1, 0.15) is 38.2 Å². The molecule has 188 valence electrons. The van der Waals surface area contributed by atoms with Crippen LogP contribution in [0.15, 0.2) is 103 Å². The average molecular weight is 505 g/mol. The molecule has 7 heteroatoms. The van der Waals surface area contributed by atoms with Gasteiger partial charge in [-0.3, -0.25) is 19.9 Å². The summed E-state index contributed by atoms with van der Waals surface area (Å²) < 4.78 is 13.6. The van der Waals surface area contributed by atoms with Gasteiger partial charge in [0.05, 0.1) is 6.54 Å². The van der Waals surface area contributed by atoms with E-state index in [1.54, 1.807) is 29.2 Å². The maximum atomic E-state index is 14.0. The third kappa shape index (κ3) is 3.93. The van der Waals surface area contributed by atoms with Gasteiger partial charge in [0.2, 0.25) is 0 Å². The largest absolute Gasteiger partial charge is 0.334 e. The second-order valence-corrected chi connectivity index (χ2v) is 9.62. The van der Waals surface area contributed by atoms with Gasteiger partial charge in [0, 0.05) is 18.7 Å². The van der Waals surface area contributed by atoms with Gasteiger partial charge in [-0.05, 0) is 52.1 Å². The molecule has 6 rings (SSSR count). The summed E-state index contributed by atoms with van der Waals surface area (Å²) in [6.45, 7) is 0.916. The van der Waals surface area contributed by atoms with E-state index in [4.69, 9.17) is 5.41 Å². The Kier molecular flexibility index (Phi) is 5.76. The summed E-state index contributed by atoms with van der Waals surface area (Å²) in [5, 5.41) is 11.9. The van der Waals surface area contributed by atoms with Gasteiger partial charge in [0.1, 0.15) is 5.82 Å². The van der Waals surface area contributed by atoms with Crippen molar-refractivity contribution < 1.29 is 14.0 Å². The molecule has 4 aromatic rings. The van der Waals surface area contributed by atoms with E-state index < -0.39 is 5.54 Å². The molecule has 0 unspecified atom stereocenters. The first-order valence-corrected chi connectivity index (χ1v) is 12.4. The van der Waals surface area contributed by atoms with Crippen LogP contribution in [0.5, 0.6) is 0 Å². The standard InChI is InChI=1S/C31H25FN4O2/c32-27-15-14-23-19-35(20-24(23)17-27)28(37)22-9-7-8-21(16-22)18-36-29(38)31(34-30(36)33,25-10-3-1-4-11-25)26-12-5-2-6-13-26/h1-17H,18-20H2,(H2,33,34). The number of nitrogens with one attached hydrogen (secondary N) is 2.